The summed E-state index contributed by atoms with van der Waals surface area (Å²) in [5, 5.41) is 15.5. The van der Waals surface area contributed by atoms with E-state index in [-0.39, 0.29) is 16.0 Å². The molecule has 0 radical (unpaired) electrons. The van der Waals surface area contributed by atoms with Crippen LogP contribution in [0.2, 0.25) is 0 Å². The molecular weight excluding hydrogens is 254 g/mol. The minimum Gasteiger partial charge on any atom is -0.265 e. The number of hydrogen-bond donors (Lipinski definition) is 0. The molecule has 1 saturated carbocycles. The van der Waals surface area contributed by atoms with Gasteiger partial charge in [-0.1, -0.05) is 13.3 Å². The number of aromatic nitrogens is 2. The number of hydrogen-bond acceptors (Lipinski definition) is 3. The van der Waals surface area contributed by atoms with Crippen LogP contribution in [0.4, 0.5) is 5.69 Å². The van der Waals surface area contributed by atoms with Gasteiger partial charge in [-0.05, 0) is 25.2 Å². The van der Waals surface area contributed by atoms with Crippen LogP contribution in [0.1, 0.15) is 37.6 Å². The monoisotopic (exact) mass is 271 g/mol. The highest BCUT2D eigenvalue weighted by molar-refractivity contribution is 6.21. The zero-order valence-electron chi connectivity index (χ0n) is 10.7. The Kier molecular flexibility index (Phi) is 3.90. The molecule has 0 aromatic carbocycles. The van der Waals surface area contributed by atoms with Crippen molar-refractivity contribution in [3.8, 4) is 0 Å². The summed E-state index contributed by atoms with van der Waals surface area (Å²) in [5.74, 6) is 0.524. The smallest absolute Gasteiger partial charge is 0.265 e. The minimum atomic E-state index is -0.316. The highest BCUT2D eigenvalue weighted by atomic mass is 35.5. The number of alkyl halides is 1. The zero-order chi connectivity index (χ0) is 13.3. The minimum absolute atomic E-state index is 0.00595. The highest BCUT2D eigenvalue weighted by Crippen LogP contribution is 2.38. The second kappa shape index (κ2) is 5.26. The van der Waals surface area contributed by atoms with Crippen LogP contribution in [0, 0.1) is 16.0 Å². The van der Waals surface area contributed by atoms with E-state index in [1.807, 2.05) is 6.92 Å². The third-order valence-corrected chi connectivity index (χ3v) is 3.91. The van der Waals surface area contributed by atoms with Crippen LogP contribution >= 0.6 is 11.6 Å². The Hall–Kier alpha value is -1.10. The zero-order valence-corrected chi connectivity index (χ0v) is 11.5. The third-order valence-electron chi connectivity index (χ3n) is 3.40. The average molecular weight is 272 g/mol. The second-order valence-electron chi connectivity index (χ2n) is 4.93. The summed E-state index contributed by atoms with van der Waals surface area (Å²) >= 11 is 6.28. The fraction of sp³-hybridized carbons (Fsp3) is 0.750. The van der Waals surface area contributed by atoms with Gasteiger partial charge in [0.05, 0.1) is 4.92 Å². The molecule has 2 rings (SSSR count). The molecule has 0 N–H and O–H groups in total. The van der Waals surface area contributed by atoms with Crippen LogP contribution in [0.15, 0.2) is 0 Å². The quantitative estimate of drug-likeness (QED) is 0.454. The summed E-state index contributed by atoms with van der Waals surface area (Å²) in [5.41, 5.74) is 1.42. The SMILES string of the molecule is CCCc1nn(C)c(CC(Cl)C2CC2)c1[N+](=O)[O-]. The Bertz CT molecular complexity index is 454. The summed E-state index contributed by atoms with van der Waals surface area (Å²) in [4.78, 5) is 10.9. The average Bonchev–Trinajstić information content (AvgIpc) is 3.07. The van der Waals surface area contributed by atoms with Crippen molar-refractivity contribution in [3.63, 3.8) is 0 Å². The lowest BCUT2D eigenvalue weighted by atomic mass is 10.1. The van der Waals surface area contributed by atoms with Crippen molar-refractivity contribution in [2.45, 2.75) is 44.4 Å². The number of aryl methyl sites for hydroxylation is 2. The predicted molar refractivity (Wildman–Crippen MR) is 69.9 cm³/mol. The molecule has 1 heterocycles. The predicted octanol–water partition coefficient (Wildman–Crippen LogP) is 2.84. The van der Waals surface area contributed by atoms with Crippen LogP contribution < -0.4 is 0 Å². The van der Waals surface area contributed by atoms with Gasteiger partial charge in [0.25, 0.3) is 0 Å². The van der Waals surface area contributed by atoms with Gasteiger partial charge in [0, 0.05) is 18.8 Å². The fourth-order valence-electron chi connectivity index (χ4n) is 2.26. The Morgan fingerprint density at radius 1 is 1.61 bits per heavy atom. The third kappa shape index (κ3) is 2.66. The lowest BCUT2D eigenvalue weighted by Crippen LogP contribution is -2.11. The van der Waals surface area contributed by atoms with Crippen molar-refractivity contribution in [2.75, 3.05) is 0 Å². The maximum Gasteiger partial charge on any atom is 0.313 e. The van der Waals surface area contributed by atoms with Crippen LogP contribution in [0.25, 0.3) is 0 Å². The van der Waals surface area contributed by atoms with Gasteiger partial charge >= 0.3 is 5.69 Å². The second-order valence-corrected chi connectivity index (χ2v) is 5.49. The molecule has 6 heteroatoms. The van der Waals surface area contributed by atoms with Gasteiger partial charge in [-0.2, -0.15) is 5.10 Å². The first kappa shape index (κ1) is 13.3. The maximum absolute atomic E-state index is 11.2. The van der Waals surface area contributed by atoms with E-state index in [0.29, 0.717) is 30.1 Å². The summed E-state index contributed by atoms with van der Waals surface area (Å²) in [7, 11) is 1.76. The van der Waals surface area contributed by atoms with E-state index in [1.54, 1.807) is 11.7 Å². The molecule has 1 atom stereocenters. The molecular formula is C12H18ClN3O2. The maximum atomic E-state index is 11.2. The van der Waals surface area contributed by atoms with E-state index in [0.717, 1.165) is 19.3 Å². The molecule has 0 bridgehead atoms. The molecule has 1 aromatic heterocycles. The molecule has 1 aliphatic carbocycles. The lowest BCUT2D eigenvalue weighted by molar-refractivity contribution is -0.386. The van der Waals surface area contributed by atoms with E-state index in [1.165, 1.54) is 0 Å². The number of nitro groups is 1. The van der Waals surface area contributed by atoms with Gasteiger partial charge in [0.2, 0.25) is 0 Å². The Morgan fingerprint density at radius 2 is 2.28 bits per heavy atom. The van der Waals surface area contributed by atoms with Crippen molar-refractivity contribution < 1.29 is 4.92 Å². The van der Waals surface area contributed by atoms with Gasteiger partial charge < -0.3 is 0 Å². The van der Waals surface area contributed by atoms with Crippen molar-refractivity contribution in [3.05, 3.63) is 21.5 Å². The van der Waals surface area contributed by atoms with E-state index in [4.69, 9.17) is 11.6 Å². The Balaban J connectivity index is 2.28. The van der Waals surface area contributed by atoms with Crippen LogP contribution in [0.5, 0.6) is 0 Å². The molecule has 100 valence electrons. The van der Waals surface area contributed by atoms with Crippen molar-refractivity contribution in [1.82, 2.24) is 9.78 Å². The Labute approximate surface area is 111 Å². The van der Waals surface area contributed by atoms with Crippen LogP contribution in [-0.2, 0) is 19.9 Å². The first-order valence-electron chi connectivity index (χ1n) is 6.37. The fourth-order valence-corrected chi connectivity index (χ4v) is 2.66. The van der Waals surface area contributed by atoms with E-state index in [9.17, 15) is 10.1 Å². The topological polar surface area (TPSA) is 61.0 Å². The summed E-state index contributed by atoms with van der Waals surface area (Å²) in [6, 6.07) is 0. The molecule has 18 heavy (non-hydrogen) atoms. The van der Waals surface area contributed by atoms with E-state index < -0.39 is 0 Å². The van der Waals surface area contributed by atoms with Gasteiger partial charge in [0.15, 0.2) is 0 Å². The molecule has 1 aromatic rings. The van der Waals surface area contributed by atoms with E-state index in [2.05, 4.69) is 5.10 Å². The molecule has 0 saturated heterocycles. The van der Waals surface area contributed by atoms with Crippen molar-refractivity contribution in [2.24, 2.45) is 13.0 Å². The molecule has 1 unspecified atom stereocenters. The van der Waals surface area contributed by atoms with Crippen LogP contribution in [-0.4, -0.2) is 20.1 Å². The Morgan fingerprint density at radius 3 is 2.78 bits per heavy atom. The molecule has 0 spiro atoms. The number of rotatable bonds is 6. The molecule has 0 aliphatic heterocycles. The van der Waals surface area contributed by atoms with Gasteiger partial charge in [-0.25, -0.2) is 0 Å². The number of nitrogens with zero attached hydrogens (tertiary/aromatic N) is 3. The highest BCUT2D eigenvalue weighted by Gasteiger charge is 2.34. The number of halogens is 1. The standard InChI is InChI=1S/C12H18ClN3O2/c1-3-4-10-12(16(17)18)11(15(2)14-10)7-9(13)8-5-6-8/h8-9H,3-7H2,1-2H3. The summed E-state index contributed by atoms with van der Waals surface area (Å²) in [6.07, 6.45) is 4.31. The van der Waals surface area contributed by atoms with Crippen LogP contribution in [0.3, 0.4) is 0 Å². The van der Waals surface area contributed by atoms with E-state index >= 15 is 0 Å². The van der Waals surface area contributed by atoms with Gasteiger partial charge in [-0.15, -0.1) is 11.6 Å². The molecule has 1 fully saturated rings. The molecule has 5 nitrogen and oxygen atoms in total. The largest absolute Gasteiger partial charge is 0.313 e. The normalized spacial score (nSPS) is 16.8. The van der Waals surface area contributed by atoms with Gasteiger partial charge in [0.1, 0.15) is 11.4 Å². The summed E-state index contributed by atoms with van der Waals surface area (Å²) in [6.45, 7) is 1.99. The van der Waals surface area contributed by atoms with Crippen molar-refractivity contribution >= 4 is 17.3 Å². The summed E-state index contributed by atoms with van der Waals surface area (Å²) < 4.78 is 1.63. The first-order chi connectivity index (χ1) is 8.54. The first-order valence-corrected chi connectivity index (χ1v) is 6.81. The van der Waals surface area contributed by atoms with Crippen molar-refractivity contribution in [1.29, 1.82) is 0 Å². The molecule has 0 amide bonds. The molecule has 1 aliphatic rings. The van der Waals surface area contributed by atoms with Gasteiger partial charge in [-0.3, -0.25) is 14.8 Å². The lowest BCUT2D eigenvalue weighted by Gasteiger charge is -2.07.